The Balaban J connectivity index is 1.68. The molecule has 0 saturated carbocycles. The Labute approximate surface area is 142 Å². The van der Waals surface area contributed by atoms with Gasteiger partial charge in [-0.3, -0.25) is 0 Å². The van der Waals surface area contributed by atoms with E-state index in [2.05, 4.69) is 47.4 Å². The number of fused-ring (bicyclic) bond motifs is 1. The maximum absolute atomic E-state index is 5.33. The molecule has 4 rings (SSSR count). The third kappa shape index (κ3) is 2.94. The van der Waals surface area contributed by atoms with Crippen LogP contribution >= 0.6 is 0 Å². The van der Waals surface area contributed by atoms with E-state index in [0.717, 1.165) is 35.7 Å². The first-order valence-electron chi connectivity index (χ1n) is 8.64. The normalized spacial score (nSPS) is 14.8. The lowest BCUT2D eigenvalue weighted by molar-refractivity contribution is 0.415. The molecule has 1 fully saturated rings. The van der Waals surface area contributed by atoms with Crippen LogP contribution < -0.4 is 9.64 Å². The van der Waals surface area contributed by atoms with Crippen molar-refractivity contribution in [1.82, 2.24) is 4.98 Å². The number of ether oxygens (including phenoxy) is 1. The Morgan fingerprint density at radius 1 is 0.875 bits per heavy atom. The fourth-order valence-corrected chi connectivity index (χ4v) is 3.40. The average molecular weight is 318 g/mol. The van der Waals surface area contributed by atoms with E-state index in [-0.39, 0.29) is 0 Å². The highest BCUT2D eigenvalue weighted by molar-refractivity contribution is 5.85. The second-order valence-electron chi connectivity index (χ2n) is 6.36. The van der Waals surface area contributed by atoms with E-state index in [0.29, 0.717) is 0 Å². The summed E-state index contributed by atoms with van der Waals surface area (Å²) in [5, 5.41) is 1.18. The summed E-state index contributed by atoms with van der Waals surface area (Å²) in [6.45, 7) is 2.25. The van der Waals surface area contributed by atoms with Gasteiger partial charge in [0.1, 0.15) is 11.6 Å². The monoisotopic (exact) mass is 318 g/mol. The minimum absolute atomic E-state index is 0.881. The highest BCUT2D eigenvalue weighted by atomic mass is 16.5. The summed E-state index contributed by atoms with van der Waals surface area (Å²) in [4.78, 5) is 7.27. The van der Waals surface area contributed by atoms with Gasteiger partial charge < -0.3 is 9.64 Å². The van der Waals surface area contributed by atoms with E-state index in [1.54, 1.807) is 7.11 Å². The fraction of sp³-hybridized carbons (Fsp3) is 0.286. The molecule has 1 aliphatic rings. The minimum Gasteiger partial charge on any atom is -0.497 e. The quantitative estimate of drug-likeness (QED) is 0.687. The first-order valence-corrected chi connectivity index (χ1v) is 8.64. The molecule has 122 valence electrons. The van der Waals surface area contributed by atoms with Crippen LogP contribution in [0.5, 0.6) is 5.75 Å². The van der Waals surface area contributed by atoms with Crippen LogP contribution in [0.15, 0.2) is 54.6 Å². The molecule has 1 aliphatic heterocycles. The summed E-state index contributed by atoms with van der Waals surface area (Å²) in [5.74, 6) is 1.99. The zero-order valence-electron chi connectivity index (χ0n) is 14.0. The zero-order valence-corrected chi connectivity index (χ0v) is 14.0. The molecule has 0 N–H and O–H groups in total. The number of rotatable bonds is 3. The lowest BCUT2D eigenvalue weighted by Crippen LogP contribution is -2.30. The maximum Gasteiger partial charge on any atom is 0.129 e. The number of pyridine rings is 1. The molecule has 3 aromatic rings. The Kier molecular flexibility index (Phi) is 4.08. The van der Waals surface area contributed by atoms with E-state index >= 15 is 0 Å². The van der Waals surface area contributed by atoms with Crippen molar-refractivity contribution in [2.45, 2.75) is 19.3 Å². The standard InChI is InChI=1S/C21H22N2O/c1-24-19-7-5-6-16(15-19)17-8-10-20-18(14-17)9-11-21(22-20)23-12-3-2-4-13-23/h5-11,14-15H,2-4,12-13H2,1H3. The molecule has 0 atom stereocenters. The molecule has 0 unspecified atom stereocenters. The molecule has 0 amide bonds. The topological polar surface area (TPSA) is 25.4 Å². The van der Waals surface area contributed by atoms with Gasteiger partial charge in [0.2, 0.25) is 0 Å². The molecule has 0 spiro atoms. The maximum atomic E-state index is 5.33. The SMILES string of the molecule is COc1cccc(-c2ccc3nc(N4CCCCC4)ccc3c2)c1. The van der Waals surface area contributed by atoms with Gasteiger partial charge in [-0.25, -0.2) is 4.98 Å². The number of aromatic nitrogens is 1. The van der Waals surface area contributed by atoms with Gasteiger partial charge in [-0.05, 0) is 66.8 Å². The van der Waals surface area contributed by atoms with E-state index in [9.17, 15) is 0 Å². The van der Waals surface area contributed by atoms with Crippen molar-refractivity contribution in [3.63, 3.8) is 0 Å². The van der Waals surface area contributed by atoms with E-state index in [1.165, 1.54) is 30.2 Å². The van der Waals surface area contributed by atoms with Crippen LogP contribution in [0.25, 0.3) is 22.0 Å². The fourth-order valence-electron chi connectivity index (χ4n) is 3.40. The lowest BCUT2D eigenvalue weighted by Gasteiger charge is -2.27. The summed E-state index contributed by atoms with van der Waals surface area (Å²) in [6.07, 6.45) is 3.89. The molecule has 2 heterocycles. The highest BCUT2D eigenvalue weighted by Gasteiger charge is 2.12. The van der Waals surface area contributed by atoms with Crippen molar-refractivity contribution in [3.05, 3.63) is 54.6 Å². The Hall–Kier alpha value is -2.55. The lowest BCUT2D eigenvalue weighted by atomic mass is 10.0. The number of anilines is 1. The van der Waals surface area contributed by atoms with Crippen molar-refractivity contribution in [2.24, 2.45) is 0 Å². The average Bonchev–Trinajstić information content (AvgIpc) is 2.68. The van der Waals surface area contributed by atoms with Gasteiger partial charge in [-0.15, -0.1) is 0 Å². The molecular weight excluding hydrogens is 296 g/mol. The molecule has 1 aromatic heterocycles. The Morgan fingerprint density at radius 3 is 2.54 bits per heavy atom. The van der Waals surface area contributed by atoms with Crippen LogP contribution in [0.2, 0.25) is 0 Å². The van der Waals surface area contributed by atoms with Crippen LogP contribution in [-0.2, 0) is 0 Å². The molecule has 0 aliphatic carbocycles. The van der Waals surface area contributed by atoms with Gasteiger partial charge in [0.05, 0.1) is 12.6 Å². The van der Waals surface area contributed by atoms with Gasteiger partial charge in [-0.1, -0.05) is 18.2 Å². The van der Waals surface area contributed by atoms with E-state index in [4.69, 9.17) is 9.72 Å². The highest BCUT2D eigenvalue weighted by Crippen LogP contribution is 2.28. The Morgan fingerprint density at radius 2 is 1.71 bits per heavy atom. The number of benzene rings is 2. The second-order valence-corrected chi connectivity index (χ2v) is 6.36. The van der Waals surface area contributed by atoms with Gasteiger partial charge in [-0.2, -0.15) is 0 Å². The van der Waals surface area contributed by atoms with Crippen LogP contribution in [-0.4, -0.2) is 25.2 Å². The van der Waals surface area contributed by atoms with Crippen LogP contribution in [0, 0.1) is 0 Å². The van der Waals surface area contributed by atoms with Crippen LogP contribution in [0.1, 0.15) is 19.3 Å². The predicted molar refractivity (Wildman–Crippen MR) is 99.8 cm³/mol. The number of hydrogen-bond donors (Lipinski definition) is 0. The minimum atomic E-state index is 0.881. The molecule has 24 heavy (non-hydrogen) atoms. The number of hydrogen-bond acceptors (Lipinski definition) is 3. The number of methoxy groups -OCH3 is 1. The summed E-state index contributed by atoms with van der Waals surface area (Å²) in [7, 11) is 1.70. The first kappa shape index (κ1) is 15.0. The first-order chi connectivity index (χ1) is 11.8. The van der Waals surface area contributed by atoms with Gasteiger partial charge in [0.15, 0.2) is 0 Å². The van der Waals surface area contributed by atoms with Crippen LogP contribution in [0.4, 0.5) is 5.82 Å². The summed E-state index contributed by atoms with van der Waals surface area (Å²) in [6, 6.07) is 19.0. The van der Waals surface area contributed by atoms with Crippen LogP contribution in [0.3, 0.4) is 0 Å². The van der Waals surface area contributed by atoms with Gasteiger partial charge >= 0.3 is 0 Å². The van der Waals surface area contributed by atoms with Crippen molar-refractivity contribution < 1.29 is 4.74 Å². The third-order valence-electron chi connectivity index (χ3n) is 4.76. The number of piperidine rings is 1. The third-order valence-corrected chi connectivity index (χ3v) is 4.76. The molecular formula is C21H22N2O. The summed E-state index contributed by atoms with van der Waals surface area (Å²) in [5.41, 5.74) is 3.41. The molecule has 0 bridgehead atoms. The number of nitrogens with zero attached hydrogens (tertiary/aromatic N) is 2. The van der Waals surface area contributed by atoms with Crippen molar-refractivity contribution >= 4 is 16.7 Å². The molecule has 3 nitrogen and oxygen atoms in total. The van der Waals surface area contributed by atoms with Crippen molar-refractivity contribution in [3.8, 4) is 16.9 Å². The summed E-state index contributed by atoms with van der Waals surface area (Å²) < 4.78 is 5.33. The van der Waals surface area contributed by atoms with Gasteiger partial charge in [0.25, 0.3) is 0 Å². The smallest absolute Gasteiger partial charge is 0.129 e. The van der Waals surface area contributed by atoms with Crippen molar-refractivity contribution in [1.29, 1.82) is 0 Å². The largest absolute Gasteiger partial charge is 0.497 e. The summed E-state index contributed by atoms with van der Waals surface area (Å²) >= 11 is 0. The van der Waals surface area contributed by atoms with Crippen molar-refractivity contribution in [2.75, 3.05) is 25.1 Å². The molecule has 3 heteroatoms. The Bertz CT molecular complexity index is 853. The predicted octanol–water partition coefficient (Wildman–Crippen LogP) is 4.90. The van der Waals surface area contributed by atoms with E-state index in [1.807, 2.05) is 12.1 Å². The second kappa shape index (κ2) is 6.52. The van der Waals surface area contributed by atoms with Gasteiger partial charge in [0, 0.05) is 18.5 Å². The molecule has 1 saturated heterocycles. The zero-order chi connectivity index (χ0) is 16.4. The molecule has 2 aromatic carbocycles. The van der Waals surface area contributed by atoms with E-state index < -0.39 is 0 Å². The molecule has 0 radical (unpaired) electrons.